The number of carbonyl (C=O) groups excluding carboxylic acids is 2. The Morgan fingerprint density at radius 3 is 2.44 bits per heavy atom. The zero-order valence-corrected chi connectivity index (χ0v) is 18.6. The summed E-state index contributed by atoms with van der Waals surface area (Å²) in [5.74, 6) is -0.394. The minimum absolute atomic E-state index is 0.0356. The zero-order chi connectivity index (χ0) is 23.3. The van der Waals surface area contributed by atoms with Gasteiger partial charge in [-0.05, 0) is 36.8 Å². The van der Waals surface area contributed by atoms with Crippen LogP contribution in [0.5, 0.6) is 5.75 Å². The molecule has 3 rings (SSSR count). The van der Waals surface area contributed by atoms with Crippen molar-refractivity contribution in [2.75, 3.05) is 39.9 Å². The molecule has 2 aromatic rings. The van der Waals surface area contributed by atoms with Crippen molar-refractivity contribution in [1.29, 1.82) is 5.26 Å². The second kappa shape index (κ2) is 9.80. The summed E-state index contributed by atoms with van der Waals surface area (Å²) in [6.45, 7) is 2.20. The molecule has 1 amide bonds. The standard InChI is InChI=1S/C22H23N3O6S/c1-16-7-8-17(22(27)30-2)13-19(16)31-15-21(26)24-9-11-25(12-10-24)32(28,29)20-6-4-3-5-18(20)14-23/h3-8,13H,9-12,15H2,1-2H3. The molecule has 0 N–H and O–H groups in total. The van der Waals surface area contributed by atoms with Crippen LogP contribution in [-0.4, -0.2) is 69.4 Å². The van der Waals surface area contributed by atoms with Crippen molar-refractivity contribution in [3.8, 4) is 11.8 Å². The fourth-order valence-electron chi connectivity index (χ4n) is 3.33. The number of sulfonamides is 1. The fourth-order valence-corrected chi connectivity index (χ4v) is 4.90. The highest BCUT2D eigenvalue weighted by atomic mass is 32.2. The summed E-state index contributed by atoms with van der Waals surface area (Å²) in [6, 6.07) is 12.8. The number of amides is 1. The molecule has 9 nitrogen and oxygen atoms in total. The minimum atomic E-state index is -3.83. The molecule has 2 aromatic carbocycles. The third-order valence-electron chi connectivity index (χ3n) is 5.18. The Balaban J connectivity index is 1.61. The van der Waals surface area contributed by atoms with Crippen molar-refractivity contribution in [3.63, 3.8) is 0 Å². The third-order valence-corrected chi connectivity index (χ3v) is 7.13. The fraction of sp³-hybridized carbons (Fsp3) is 0.318. The third kappa shape index (κ3) is 4.90. The zero-order valence-electron chi connectivity index (χ0n) is 17.8. The number of rotatable bonds is 6. The highest BCUT2D eigenvalue weighted by Crippen LogP contribution is 2.22. The molecule has 1 saturated heterocycles. The van der Waals surface area contributed by atoms with Gasteiger partial charge in [0.05, 0.1) is 23.1 Å². The number of hydrogen-bond acceptors (Lipinski definition) is 7. The van der Waals surface area contributed by atoms with Crippen molar-refractivity contribution >= 4 is 21.9 Å². The number of aryl methyl sites for hydroxylation is 1. The highest BCUT2D eigenvalue weighted by molar-refractivity contribution is 7.89. The van der Waals surface area contributed by atoms with Crippen molar-refractivity contribution in [2.45, 2.75) is 11.8 Å². The summed E-state index contributed by atoms with van der Waals surface area (Å²) in [6.07, 6.45) is 0. The molecule has 0 bridgehead atoms. The number of hydrogen-bond donors (Lipinski definition) is 0. The van der Waals surface area contributed by atoms with Gasteiger partial charge in [0.1, 0.15) is 11.8 Å². The molecule has 1 heterocycles. The van der Waals surface area contributed by atoms with E-state index in [0.29, 0.717) is 11.3 Å². The molecule has 0 spiro atoms. The van der Waals surface area contributed by atoms with E-state index in [1.165, 1.54) is 34.5 Å². The normalized spacial score (nSPS) is 14.5. The Hall–Kier alpha value is -3.42. The summed E-state index contributed by atoms with van der Waals surface area (Å²) in [5.41, 5.74) is 1.17. The van der Waals surface area contributed by atoms with E-state index in [9.17, 15) is 23.3 Å². The predicted octanol–water partition coefficient (Wildman–Crippen LogP) is 1.57. The van der Waals surface area contributed by atoms with Crippen LogP contribution in [0.3, 0.4) is 0 Å². The van der Waals surface area contributed by atoms with Gasteiger partial charge in [-0.3, -0.25) is 4.79 Å². The monoisotopic (exact) mass is 457 g/mol. The Morgan fingerprint density at radius 2 is 1.78 bits per heavy atom. The number of methoxy groups -OCH3 is 1. The van der Waals surface area contributed by atoms with Crippen LogP contribution in [0.1, 0.15) is 21.5 Å². The lowest BCUT2D eigenvalue weighted by atomic mass is 10.1. The van der Waals surface area contributed by atoms with Crippen molar-refractivity contribution < 1.29 is 27.5 Å². The number of nitrogens with zero attached hydrogens (tertiary/aromatic N) is 3. The van der Waals surface area contributed by atoms with Gasteiger partial charge in [-0.15, -0.1) is 0 Å². The van der Waals surface area contributed by atoms with E-state index in [4.69, 9.17) is 9.47 Å². The minimum Gasteiger partial charge on any atom is -0.483 e. The summed E-state index contributed by atoms with van der Waals surface area (Å²) < 4.78 is 37.4. The predicted molar refractivity (Wildman–Crippen MR) is 115 cm³/mol. The average molecular weight is 458 g/mol. The number of benzene rings is 2. The van der Waals surface area contributed by atoms with E-state index >= 15 is 0 Å². The summed E-state index contributed by atoms with van der Waals surface area (Å²) >= 11 is 0. The first-order valence-corrected chi connectivity index (χ1v) is 11.3. The van der Waals surface area contributed by atoms with Gasteiger partial charge in [-0.25, -0.2) is 13.2 Å². The van der Waals surface area contributed by atoms with Gasteiger partial charge >= 0.3 is 5.97 Å². The Bertz CT molecular complexity index is 1160. The summed E-state index contributed by atoms with van der Waals surface area (Å²) in [5, 5.41) is 9.20. The summed E-state index contributed by atoms with van der Waals surface area (Å²) in [4.78, 5) is 25.8. The smallest absolute Gasteiger partial charge is 0.337 e. The van der Waals surface area contributed by atoms with Crippen LogP contribution < -0.4 is 4.74 Å². The number of ether oxygens (including phenoxy) is 2. The Kier molecular flexibility index (Phi) is 7.12. The van der Waals surface area contributed by atoms with Gasteiger partial charge in [0.2, 0.25) is 10.0 Å². The molecule has 168 valence electrons. The van der Waals surface area contributed by atoms with Crippen LogP contribution in [0.15, 0.2) is 47.4 Å². The Labute approximate surface area is 186 Å². The van der Waals surface area contributed by atoms with Gasteiger partial charge < -0.3 is 14.4 Å². The van der Waals surface area contributed by atoms with Gasteiger partial charge in [0.15, 0.2) is 6.61 Å². The lowest BCUT2D eigenvalue weighted by Gasteiger charge is -2.34. The number of nitriles is 1. The highest BCUT2D eigenvalue weighted by Gasteiger charge is 2.31. The molecule has 0 aliphatic carbocycles. The Morgan fingerprint density at radius 1 is 1.09 bits per heavy atom. The van der Waals surface area contributed by atoms with E-state index in [0.717, 1.165) is 5.56 Å². The first kappa shape index (κ1) is 23.2. The summed E-state index contributed by atoms with van der Waals surface area (Å²) in [7, 11) is -2.55. The van der Waals surface area contributed by atoms with Gasteiger partial charge in [0.25, 0.3) is 5.91 Å². The van der Waals surface area contributed by atoms with Gasteiger partial charge in [-0.1, -0.05) is 18.2 Å². The van der Waals surface area contributed by atoms with Gasteiger partial charge in [-0.2, -0.15) is 9.57 Å². The van der Waals surface area contributed by atoms with Crippen LogP contribution in [-0.2, 0) is 19.6 Å². The SMILES string of the molecule is COC(=O)c1ccc(C)c(OCC(=O)N2CCN(S(=O)(=O)c3ccccc3C#N)CC2)c1. The van der Waals surface area contributed by atoms with Crippen LogP contribution in [0, 0.1) is 18.3 Å². The quantitative estimate of drug-likeness (QED) is 0.604. The molecule has 1 fully saturated rings. The molecule has 10 heteroatoms. The van der Waals surface area contributed by atoms with Crippen LogP contribution in [0.4, 0.5) is 0 Å². The van der Waals surface area contributed by atoms with Crippen LogP contribution in [0.25, 0.3) is 0 Å². The molecule has 32 heavy (non-hydrogen) atoms. The molecule has 1 aliphatic heterocycles. The number of piperazine rings is 1. The van der Waals surface area contributed by atoms with Crippen molar-refractivity contribution in [3.05, 3.63) is 59.2 Å². The van der Waals surface area contributed by atoms with E-state index in [-0.39, 0.29) is 49.2 Å². The van der Waals surface area contributed by atoms with Gasteiger partial charge in [0, 0.05) is 26.2 Å². The van der Waals surface area contributed by atoms with E-state index in [1.807, 2.05) is 6.07 Å². The second-order valence-electron chi connectivity index (χ2n) is 7.15. The molecule has 0 saturated carbocycles. The van der Waals surface area contributed by atoms with Crippen LogP contribution in [0.2, 0.25) is 0 Å². The maximum atomic E-state index is 12.9. The largest absolute Gasteiger partial charge is 0.483 e. The molecular weight excluding hydrogens is 434 g/mol. The molecule has 0 aromatic heterocycles. The lowest BCUT2D eigenvalue weighted by Crippen LogP contribution is -2.51. The average Bonchev–Trinajstić information content (AvgIpc) is 2.82. The molecule has 0 radical (unpaired) electrons. The van der Waals surface area contributed by atoms with E-state index in [2.05, 4.69) is 0 Å². The lowest BCUT2D eigenvalue weighted by molar-refractivity contribution is -0.134. The van der Waals surface area contributed by atoms with E-state index in [1.54, 1.807) is 31.2 Å². The molecular formula is C22H23N3O6S. The second-order valence-corrected chi connectivity index (χ2v) is 9.06. The maximum Gasteiger partial charge on any atom is 0.337 e. The first-order valence-electron chi connectivity index (χ1n) is 9.86. The molecule has 0 unspecified atom stereocenters. The first-order chi connectivity index (χ1) is 15.3. The van der Waals surface area contributed by atoms with Crippen LogP contribution >= 0.6 is 0 Å². The number of esters is 1. The van der Waals surface area contributed by atoms with Crippen molar-refractivity contribution in [1.82, 2.24) is 9.21 Å². The maximum absolute atomic E-state index is 12.9. The topological polar surface area (TPSA) is 117 Å². The van der Waals surface area contributed by atoms with E-state index < -0.39 is 16.0 Å². The number of carbonyl (C=O) groups is 2. The molecule has 1 aliphatic rings. The molecule has 0 atom stereocenters. The van der Waals surface area contributed by atoms with Crippen molar-refractivity contribution in [2.24, 2.45) is 0 Å².